The molecule has 0 spiro atoms. The fourth-order valence-corrected chi connectivity index (χ4v) is 5.88. The Morgan fingerprint density at radius 3 is 1.77 bits per heavy atom. The van der Waals surface area contributed by atoms with Crippen molar-refractivity contribution >= 4 is 22.3 Å². The largest absolute Gasteiger partial charge is 0.461 e. The number of aliphatic hydroxyl groups excluding tert-OH is 6. The van der Waals surface area contributed by atoms with Gasteiger partial charge in [-0.3, -0.25) is 9.59 Å². The van der Waals surface area contributed by atoms with Crippen LogP contribution in [-0.2, 0) is 9.47 Å². The maximum absolute atomic E-state index is 14.1. The molecular formula is C31H32O12. The lowest BCUT2D eigenvalue weighted by atomic mass is 9.81. The van der Waals surface area contributed by atoms with E-state index in [9.17, 15) is 40.2 Å². The normalized spacial score (nSPS) is 34.1. The lowest BCUT2D eigenvalue weighted by Crippen LogP contribution is -2.58. The van der Waals surface area contributed by atoms with Gasteiger partial charge in [0.2, 0.25) is 12.6 Å². The van der Waals surface area contributed by atoms with Gasteiger partial charge < -0.3 is 49.6 Å². The van der Waals surface area contributed by atoms with Crippen molar-refractivity contribution in [2.75, 3.05) is 0 Å². The third-order valence-electron chi connectivity index (χ3n) is 8.30. The second kappa shape index (κ2) is 10.9. The van der Waals surface area contributed by atoms with Gasteiger partial charge in [0, 0.05) is 22.1 Å². The van der Waals surface area contributed by atoms with Crippen molar-refractivity contribution in [2.24, 2.45) is 0 Å². The van der Waals surface area contributed by atoms with E-state index in [1.165, 1.54) is 38.1 Å². The number of carbonyl (C=O) groups excluding carboxylic acids is 2. The summed E-state index contributed by atoms with van der Waals surface area (Å²) < 4.78 is 23.0. The van der Waals surface area contributed by atoms with E-state index in [2.05, 4.69) is 0 Å². The molecule has 10 atom stereocenters. The second-order valence-electron chi connectivity index (χ2n) is 11.3. The Kier molecular flexibility index (Phi) is 7.51. The van der Waals surface area contributed by atoms with Gasteiger partial charge in [-0.2, -0.15) is 0 Å². The van der Waals surface area contributed by atoms with Gasteiger partial charge in [-0.25, -0.2) is 0 Å². The van der Waals surface area contributed by atoms with Gasteiger partial charge in [0.25, 0.3) is 0 Å². The molecule has 3 aromatic carbocycles. The van der Waals surface area contributed by atoms with E-state index in [1.54, 1.807) is 25.1 Å². The lowest BCUT2D eigenvalue weighted by molar-refractivity contribution is -0.268. The average molecular weight is 597 g/mol. The van der Waals surface area contributed by atoms with Crippen LogP contribution >= 0.6 is 0 Å². The molecule has 3 aliphatic rings. The highest BCUT2D eigenvalue weighted by atomic mass is 16.7. The summed E-state index contributed by atoms with van der Waals surface area (Å²) in [5.74, 6) is -0.989. The molecule has 2 heterocycles. The van der Waals surface area contributed by atoms with Crippen molar-refractivity contribution < 1.29 is 59.2 Å². The number of carbonyl (C=O) groups is 2. The summed E-state index contributed by atoms with van der Waals surface area (Å²) in [4.78, 5) is 28.1. The first-order valence-electron chi connectivity index (χ1n) is 13.9. The van der Waals surface area contributed by atoms with Crippen LogP contribution in [-0.4, -0.2) is 104 Å². The minimum absolute atomic E-state index is 0.0223. The van der Waals surface area contributed by atoms with E-state index in [1.807, 2.05) is 0 Å². The first kappa shape index (κ1) is 29.6. The third kappa shape index (κ3) is 4.80. The van der Waals surface area contributed by atoms with Gasteiger partial charge in [-0.05, 0) is 49.9 Å². The fourth-order valence-electron chi connectivity index (χ4n) is 5.88. The van der Waals surface area contributed by atoms with Gasteiger partial charge in [0.05, 0.1) is 17.8 Å². The van der Waals surface area contributed by atoms with E-state index in [0.717, 1.165) is 5.56 Å². The van der Waals surface area contributed by atoms with Crippen LogP contribution in [0.25, 0.3) is 10.8 Å². The monoisotopic (exact) mass is 596 g/mol. The third-order valence-corrected chi connectivity index (χ3v) is 8.30. The molecule has 2 saturated heterocycles. The maximum Gasteiger partial charge on any atom is 0.229 e. The van der Waals surface area contributed by atoms with Gasteiger partial charge in [0.1, 0.15) is 48.1 Å². The van der Waals surface area contributed by atoms with Crippen LogP contribution in [0.3, 0.4) is 0 Å². The molecule has 228 valence electrons. The van der Waals surface area contributed by atoms with Crippen molar-refractivity contribution in [3.63, 3.8) is 0 Å². The summed E-state index contributed by atoms with van der Waals surface area (Å²) in [7, 11) is 0. The van der Waals surface area contributed by atoms with Crippen LogP contribution in [0.5, 0.6) is 11.5 Å². The first-order valence-corrected chi connectivity index (χ1v) is 13.9. The number of aliphatic hydroxyl groups is 6. The number of ketones is 2. The van der Waals surface area contributed by atoms with Crippen molar-refractivity contribution in [1.29, 1.82) is 0 Å². The summed E-state index contributed by atoms with van der Waals surface area (Å²) in [6.45, 7) is 4.82. The van der Waals surface area contributed by atoms with E-state index < -0.39 is 73.0 Å². The number of hydrogen-bond acceptors (Lipinski definition) is 12. The van der Waals surface area contributed by atoms with Crippen LogP contribution in [0.2, 0.25) is 0 Å². The van der Waals surface area contributed by atoms with Crippen molar-refractivity contribution in [1.82, 2.24) is 0 Å². The second-order valence-corrected chi connectivity index (χ2v) is 11.3. The van der Waals surface area contributed by atoms with E-state index in [-0.39, 0.29) is 33.8 Å². The molecule has 1 aliphatic carbocycles. The average Bonchev–Trinajstić information content (AvgIpc) is 2.98. The summed E-state index contributed by atoms with van der Waals surface area (Å²) in [5, 5.41) is 62.5. The topological polar surface area (TPSA) is 192 Å². The highest BCUT2D eigenvalue weighted by Crippen LogP contribution is 2.41. The SMILES string of the molecule is Cc1cc(O[C@@H]2O[C@@H](C)[C@H](O)[C@@H](O)[C@H]2O)c2c3c(ccc2c1)C(=O)c1c(O[C@@H]2O[C@@H](C)[C@H](O)[C@@H](O)[C@H]2O)cccc1C3=O. The highest BCUT2D eigenvalue weighted by molar-refractivity contribution is 6.33. The number of fused-ring (bicyclic) bond motifs is 4. The van der Waals surface area contributed by atoms with Gasteiger partial charge in [-0.15, -0.1) is 0 Å². The summed E-state index contributed by atoms with van der Waals surface area (Å²) in [6, 6.07) is 11.0. The lowest BCUT2D eigenvalue weighted by Gasteiger charge is -2.39. The van der Waals surface area contributed by atoms with Crippen LogP contribution in [0.15, 0.2) is 42.5 Å². The van der Waals surface area contributed by atoms with E-state index in [0.29, 0.717) is 10.8 Å². The van der Waals surface area contributed by atoms with Crippen LogP contribution in [0.1, 0.15) is 51.3 Å². The molecule has 6 N–H and O–H groups in total. The minimum Gasteiger partial charge on any atom is -0.461 e. The Labute approximate surface area is 245 Å². The fraction of sp³-hybridized carbons (Fsp3) is 0.419. The molecule has 6 rings (SSSR count). The van der Waals surface area contributed by atoms with Crippen molar-refractivity contribution in [3.05, 3.63) is 70.3 Å². The zero-order valence-electron chi connectivity index (χ0n) is 23.4. The van der Waals surface area contributed by atoms with E-state index in [4.69, 9.17) is 18.9 Å². The molecule has 0 unspecified atom stereocenters. The summed E-state index contributed by atoms with van der Waals surface area (Å²) in [6.07, 6.45) is -13.6. The molecular weight excluding hydrogens is 564 g/mol. The standard InChI is InChI=1S/C31H32O12/c1-11-9-14-7-8-16-21(19(14)18(10-11)43-31-29(39)27(37)23(33)13(3)41-31)25(35)15-5-4-6-17(20(15)24(16)34)42-30-28(38)26(36)22(32)12(2)40-30/h4-10,12-13,22-23,26-33,36-39H,1-3H3/t12-,13-,22-,23-,26+,27+,28+,29+,30-,31-/m0/s1. The Morgan fingerprint density at radius 1 is 0.628 bits per heavy atom. The predicted octanol–water partition coefficient (Wildman–Crippen LogP) is 0.336. The number of hydrogen-bond donors (Lipinski definition) is 6. The van der Waals surface area contributed by atoms with Crippen LogP contribution in [0, 0.1) is 6.92 Å². The zero-order chi connectivity index (χ0) is 30.9. The minimum atomic E-state index is -1.63. The highest BCUT2D eigenvalue weighted by Gasteiger charge is 2.45. The molecule has 3 aromatic rings. The van der Waals surface area contributed by atoms with Gasteiger partial charge in [0.15, 0.2) is 11.6 Å². The van der Waals surface area contributed by atoms with Crippen molar-refractivity contribution in [2.45, 2.75) is 82.2 Å². The number of benzene rings is 3. The summed E-state index contributed by atoms with van der Waals surface area (Å²) >= 11 is 0. The molecule has 43 heavy (non-hydrogen) atoms. The van der Waals surface area contributed by atoms with Crippen molar-refractivity contribution in [3.8, 4) is 11.5 Å². The molecule has 0 amide bonds. The van der Waals surface area contributed by atoms with Crippen LogP contribution < -0.4 is 9.47 Å². The number of aryl methyl sites for hydroxylation is 1. The predicted molar refractivity (Wildman–Crippen MR) is 148 cm³/mol. The van der Waals surface area contributed by atoms with Gasteiger partial charge in [-0.1, -0.05) is 24.3 Å². The molecule has 0 aromatic heterocycles. The Morgan fingerprint density at radius 2 is 1.16 bits per heavy atom. The quantitative estimate of drug-likeness (QED) is 0.190. The zero-order valence-corrected chi connectivity index (χ0v) is 23.4. The Hall–Kier alpha value is -3.46. The molecule has 2 fully saturated rings. The molecule has 12 heteroatoms. The molecule has 0 saturated carbocycles. The maximum atomic E-state index is 14.1. The summed E-state index contributed by atoms with van der Waals surface area (Å²) in [5.41, 5.74) is 0.823. The molecule has 12 nitrogen and oxygen atoms in total. The molecule has 0 bridgehead atoms. The smallest absolute Gasteiger partial charge is 0.229 e. The molecule has 2 aliphatic heterocycles. The number of ether oxygens (including phenoxy) is 4. The van der Waals surface area contributed by atoms with Gasteiger partial charge >= 0.3 is 0 Å². The van der Waals surface area contributed by atoms with E-state index >= 15 is 0 Å². The molecule has 0 radical (unpaired) electrons. The Bertz CT molecular complexity index is 1600. The first-order chi connectivity index (χ1) is 20.4. The Balaban J connectivity index is 1.42. The van der Waals surface area contributed by atoms with Crippen LogP contribution in [0.4, 0.5) is 0 Å². The number of rotatable bonds is 4.